The van der Waals surface area contributed by atoms with Gasteiger partial charge in [0.25, 0.3) is 10.0 Å². The van der Waals surface area contributed by atoms with Crippen LogP contribution in [0.4, 0.5) is 0 Å². The van der Waals surface area contributed by atoms with Gasteiger partial charge in [0.05, 0.1) is 6.20 Å². The molecule has 18 heavy (non-hydrogen) atoms. The van der Waals surface area contributed by atoms with Gasteiger partial charge in [-0.1, -0.05) is 19.8 Å². The number of sulfonamides is 1. The fraction of sp³-hybridized carbons (Fsp3) is 0.727. The third-order valence-electron chi connectivity index (χ3n) is 3.46. The predicted octanol–water partition coefficient (Wildman–Crippen LogP) is 1.88. The van der Waals surface area contributed by atoms with E-state index < -0.39 is 15.6 Å². The van der Waals surface area contributed by atoms with E-state index in [0.717, 1.165) is 25.7 Å². The average molecular weight is 292 g/mol. The number of aromatic nitrogens is 2. The van der Waals surface area contributed by atoms with Crippen LogP contribution < -0.4 is 4.72 Å². The van der Waals surface area contributed by atoms with Gasteiger partial charge in [0.2, 0.25) is 0 Å². The summed E-state index contributed by atoms with van der Waals surface area (Å²) in [5.41, 5.74) is -0.525. The molecule has 2 rings (SSSR count). The minimum absolute atomic E-state index is 0.0882. The average Bonchev–Trinajstić information content (AvgIpc) is 2.82. The van der Waals surface area contributed by atoms with Crippen molar-refractivity contribution in [2.45, 2.75) is 43.2 Å². The second-order valence-corrected chi connectivity index (χ2v) is 7.06. The minimum Gasteiger partial charge on any atom is -0.266 e. The van der Waals surface area contributed by atoms with Crippen molar-refractivity contribution in [2.24, 2.45) is 5.92 Å². The first kappa shape index (κ1) is 13.8. The van der Waals surface area contributed by atoms with Crippen LogP contribution in [0.15, 0.2) is 17.3 Å². The standard InChI is InChI=1S/C11H18ClN3O2S/c1-9-3-2-5-11(7-9,8-12)15-18(16,17)10-4-6-13-14-10/h4,6,9,15H,2-3,5,7-8H2,1H3,(H,13,14). The van der Waals surface area contributed by atoms with Gasteiger partial charge >= 0.3 is 0 Å². The smallest absolute Gasteiger partial charge is 0.258 e. The third-order valence-corrected chi connectivity index (χ3v) is 5.48. The first-order valence-corrected chi connectivity index (χ1v) is 8.08. The van der Waals surface area contributed by atoms with Crippen molar-refractivity contribution in [2.75, 3.05) is 5.88 Å². The highest BCUT2D eigenvalue weighted by Gasteiger charge is 2.38. The Labute approximate surface area is 112 Å². The Hall–Kier alpha value is -0.590. The molecule has 102 valence electrons. The van der Waals surface area contributed by atoms with Gasteiger partial charge in [0.1, 0.15) is 0 Å². The molecular weight excluding hydrogens is 274 g/mol. The summed E-state index contributed by atoms with van der Waals surface area (Å²) in [5.74, 6) is 0.784. The number of nitrogens with zero attached hydrogens (tertiary/aromatic N) is 1. The van der Waals surface area contributed by atoms with Gasteiger partial charge in [-0.3, -0.25) is 5.10 Å². The number of halogens is 1. The van der Waals surface area contributed by atoms with Crippen LogP contribution in [0.1, 0.15) is 32.6 Å². The Morgan fingerprint density at radius 2 is 2.44 bits per heavy atom. The fourth-order valence-electron chi connectivity index (χ4n) is 2.63. The molecule has 1 saturated carbocycles. The summed E-state index contributed by atoms with van der Waals surface area (Å²) >= 11 is 6.02. The van der Waals surface area contributed by atoms with Gasteiger partial charge in [-0.05, 0) is 24.8 Å². The Balaban J connectivity index is 2.20. The highest BCUT2D eigenvalue weighted by atomic mass is 35.5. The lowest BCUT2D eigenvalue weighted by Gasteiger charge is -2.38. The van der Waals surface area contributed by atoms with E-state index in [2.05, 4.69) is 21.8 Å². The molecule has 0 aromatic carbocycles. The first-order valence-electron chi connectivity index (χ1n) is 6.07. The van der Waals surface area contributed by atoms with Crippen molar-refractivity contribution in [1.82, 2.24) is 14.9 Å². The molecule has 2 atom stereocenters. The van der Waals surface area contributed by atoms with Crippen molar-refractivity contribution in [3.8, 4) is 0 Å². The molecule has 5 nitrogen and oxygen atoms in total. The van der Waals surface area contributed by atoms with Crippen LogP contribution >= 0.6 is 11.6 Å². The first-order chi connectivity index (χ1) is 8.47. The van der Waals surface area contributed by atoms with Crippen molar-refractivity contribution < 1.29 is 8.42 Å². The molecule has 0 amide bonds. The molecule has 0 radical (unpaired) electrons. The molecule has 7 heteroatoms. The Morgan fingerprint density at radius 1 is 1.67 bits per heavy atom. The number of aromatic amines is 1. The van der Waals surface area contributed by atoms with E-state index in [0.29, 0.717) is 11.8 Å². The molecule has 0 spiro atoms. The quantitative estimate of drug-likeness (QED) is 0.832. The van der Waals surface area contributed by atoms with E-state index in [9.17, 15) is 8.42 Å². The van der Waals surface area contributed by atoms with Crippen LogP contribution in [0.2, 0.25) is 0 Å². The Bertz CT molecular complexity index is 488. The summed E-state index contributed by atoms with van der Waals surface area (Å²) in [6, 6.07) is 1.44. The van der Waals surface area contributed by atoms with Gasteiger partial charge in [-0.15, -0.1) is 11.6 Å². The molecule has 0 bridgehead atoms. The normalized spacial score (nSPS) is 29.3. The van der Waals surface area contributed by atoms with Crippen LogP contribution in [0.3, 0.4) is 0 Å². The molecule has 1 aliphatic rings. The summed E-state index contributed by atoms with van der Waals surface area (Å²) in [6.45, 7) is 2.13. The Morgan fingerprint density at radius 3 is 3.00 bits per heavy atom. The number of alkyl halides is 1. The summed E-state index contributed by atoms with van der Waals surface area (Å²) < 4.78 is 27.1. The van der Waals surface area contributed by atoms with Crippen LogP contribution in [-0.4, -0.2) is 30.0 Å². The number of H-pyrrole nitrogens is 1. The summed E-state index contributed by atoms with van der Waals surface area (Å²) in [6.07, 6.45) is 5.12. The van der Waals surface area contributed by atoms with Crippen molar-refractivity contribution >= 4 is 21.6 Å². The van der Waals surface area contributed by atoms with Crippen LogP contribution in [0, 0.1) is 5.92 Å². The van der Waals surface area contributed by atoms with Crippen molar-refractivity contribution in [3.63, 3.8) is 0 Å². The lowest BCUT2D eigenvalue weighted by atomic mass is 9.78. The zero-order chi connectivity index (χ0) is 13.2. The van der Waals surface area contributed by atoms with Crippen LogP contribution in [0.25, 0.3) is 0 Å². The van der Waals surface area contributed by atoms with Gasteiger partial charge in [-0.25, -0.2) is 13.1 Å². The van der Waals surface area contributed by atoms with Crippen molar-refractivity contribution in [1.29, 1.82) is 0 Å². The SMILES string of the molecule is CC1CCCC(CCl)(NS(=O)(=O)c2ccn[nH]2)C1. The van der Waals surface area contributed by atoms with Gasteiger partial charge in [0, 0.05) is 11.4 Å². The van der Waals surface area contributed by atoms with Crippen LogP contribution in [0.5, 0.6) is 0 Å². The van der Waals surface area contributed by atoms with E-state index in [1.54, 1.807) is 0 Å². The lowest BCUT2D eigenvalue weighted by molar-refractivity contribution is 0.239. The van der Waals surface area contributed by atoms with Crippen molar-refractivity contribution in [3.05, 3.63) is 12.3 Å². The number of nitrogens with one attached hydrogen (secondary N) is 2. The molecule has 1 heterocycles. The molecule has 2 unspecified atom stereocenters. The largest absolute Gasteiger partial charge is 0.266 e. The topological polar surface area (TPSA) is 74.8 Å². The zero-order valence-corrected chi connectivity index (χ0v) is 11.9. The predicted molar refractivity (Wildman–Crippen MR) is 70.0 cm³/mol. The van der Waals surface area contributed by atoms with Gasteiger partial charge < -0.3 is 0 Å². The third kappa shape index (κ3) is 2.87. The summed E-state index contributed by atoms with van der Waals surface area (Å²) in [4.78, 5) is 0. The van der Waals surface area contributed by atoms with Crippen LogP contribution in [-0.2, 0) is 10.0 Å². The van der Waals surface area contributed by atoms with E-state index in [1.165, 1.54) is 12.3 Å². The monoisotopic (exact) mass is 291 g/mol. The maximum absolute atomic E-state index is 12.2. The maximum Gasteiger partial charge on any atom is 0.258 e. The number of rotatable bonds is 4. The molecule has 1 aliphatic carbocycles. The second-order valence-electron chi connectivity index (χ2n) is 5.14. The molecule has 2 N–H and O–H groups in total. The number of hydrogen-bond acceptors (Lipinski definition) is 3. The molecule has 1 fully saturated rings. The fourth-order valence-corrected chi connectivity index (χ4v) is 4.37. The molecule has 1 aromatic rings. The van der Waals surface area contributed by atoms with E-state index in [1.807, 2.05) is 0 Å². The second kappa shape index (κ2) is 5.19. The highest BCUT2D eigenvalue weighted by Crippen LogP contribution is 2.34. The number of hydrogen-bond donors (Lipinski definition) is 2. The molecular formula is C11H18ClN3O2S. The maximum atomic E-state index is 12.2. The lowest BCUT2D eigenvalue weighted by Crippen LogP contribution is -2.52. The van der Waals surface area contributed by atoms with E-state index in [-0.39, 0.29) is 5.03 Å². The van der Waals surface area contributed by atoms with E-state index in [4.69, 9.17) is 11.6 Å². The van der Waals surface area contributed by atoms with Gasteiger partial charge in [0.15, 0.2) is 5.03 Å². The molecule has 0 aliphatic heterocycles. The zero-order valence-electron chi connectivity index (χ0n) is 10.3. The molecule has 0 saturated heterocycles. The minimum atomic E-state index is -3.56. The Kier molecular flexibility index (Phi) is 3.99. The van der Waals surface area contributed by atoms with Gasteiger partial charge in [-0.2, -0.15) is 5.10 Å². The summed E-state index contributed by atoms with van der Waals surface area (Å²) in [7, 11) is -3.56. The summed E-state index contributed by atoms with van der Waals surface area (Å²) in [5, 5.41) is 6.23. The highest BCUT2D eigenvalue weighted by molar-refractivity contribution is 7.89. The van der Waals surface area contributed by atoms with E-state index >= 15 is 0 Å². The molecule has 1 aromatic heterocycles.